The van der Waals surface area contributed by atoms with Gasteiger partial charge in [-0.05, 0) is 23.6 Å². The van der Waals surface area contributed by atoms with E-state index in [1.807, 2.05) is 6.07 Å². The monoisotopic (exact) mass is 223 g/mol. The van der Waals surface area contributed by atoms with Gasteiger partial charge in [-0.15, -0.1) is 0 Å². The minimum Gasteiger partial charge on any atom is -0.0654 e. The van der Waals surface area contributed by atoms with Crippen LogP contribution in [0.1, 0.15) is 43.2 Å². The van der Waals surface area contributed by atoms with Gasteiger partial charge in [0, 0.05) is 5.92 Å². The fourth-order valence-electron chi connectivity index (χ4n) is 2.24. The Morgan fingerprint density at radius 1 is 1.00 bits per heavy atom. The van der Waals surface area contributed by atoms with Crippen molar-refractivity contribution in [2.45, 2.75) is 32.1 Å². The Morgan fingerprint density at radius 3 is 2.41 bits per heavy atom. The third kappa shape index (κ3) is 3.20. The lowest BCUT2D eigenvalue weighted by Crippen LogP contribution is -2.00. The van der Waals surface area contributed by atoms with E-state index in [9.17, 15) is 0 Å². The van der Waals surface area contributed by atoms with Crippen LogP contribution < -0.4 is 0 Å². The summed E-state index contributed by atoms with van der Waals surface area (Å²) >= 11 is 0. The molecule has 2 aromatic rings. The first-order valence-corrected chi connectivity index (χ1v) is 6.42. The molecule has 0 saturated heterocycles. The van der Waals surface area contributed by atoms with E-state index >= 15 is 0 Å². The molecular formula is C17H19. The molecule has 1 unspecified atom stereocenters. The molecule has 0 aromatic heterocycles. The number of hydrogen-bond donors (Lipinski definition) is 0. The topological polar surface area (TPSA) is 0 Å². The van der Waals surface area contributed by atoms with Crippen molar-refractivity contribution in [2.75, 3.05) is 0 Å². The molecule has 0 heteroatoms. The van der Waals surface area contributed by atoms with Crippen molar-refractivity contribution in [2.24, 2.45) is 0 Å². The first-order chi connectivity index (χ1) is 8.42. The van der Waals surface area contributed by atoms with Crippen molar-refractivity contribution in [1.82, 2.24) is 0 Å². The van der Waals surface area contributed by atoms with E-state index in [-0.39, 0.29) is 0 Å². The molecule has 2 aromatic carbocycles. The zero-order valence-corrected chi connectivity index (χ0v) is 10.4. The van der Waals surface area contributed by atoms with Crippen LogP contribution in [0.3, 0.4) is 0 Å². The number of hydrogen-bond acceptors (Lipinski definition) is 0. The highest BCUT2D eigenvalue weighted by atomic mass is 14.2. The molecule has 17 heavy (non-hydrogen) atoms. The second kappa shape index (κ2) is 6.24. The predicted octanol–water partition coefficient (Wildman–Crippen LogP) is 4.81. The summed E-state index contributed by atoms with van der Waals surface area (Å²) in [5, 5.41) is 0. The fourth-order valence-corrected chi connectivity index (χ4v) is 2.24. The Bertz CT molecular complexity index is 377. The van der Waals surface area contributed by atoms with Crippen LogP contribution in [-0.2, 0) is 0 Å². The molecule has 0 bridgehead atoms. The van der Waals surface area contributed by atoms with E-state index in [0.29, 0.717) is 5.92 Å². The lowest BCUT2D eigenvalue weighted by Gasteiger charge is -2.17. The van der Waals surface area contributed by atoms with Crippen molar-refractivity contribution < 1.29 is 0 Å². The number of benzene rings is 2. The van der Waals surface area contributed by atoms with E-state index in [2.05, 4.69) is 61.5 Å². The Kier molecular flexibility index (Phi) is 4.37. The van der Waals surface area contributed by atoms with Crippen LogP contribution in [0.4, 0.5) is 0 Å². The van der Waals surface area contributed by atoms with Gasteiger partial charge in [0.1, 0.15) is 0 Å². The van der Waals surface area contributed by atoms with Gasteiger partial charge in [-0.2, -0.15) is 0 Å². The first-order valence-electron chi connectivity index (χ1n) is 6.42. The largest absolute Gasteiger partial charge is 0.0654 e. The summed E-state index contributed by atoms with van der Waals surface area (Å²) in [6, 6.07) is 22.4. The molecule has 0 aliphatic carbocycles. The van der Waals surface area contributed by atoms with Gasteiger partial charge < -0.3 is 0 Å². The lowest BCUT2D eigenvalue weighted by atomic mass is 9.87. The summed E-state index contributed by atoms with van der Waals surface area (Å²) in [5.41, 5.74) is 2.80. The van der Waals surface area contributed by atoms with Gasteiger partial charge >= 0.3 is 0 Å². The van der Waals surface area contributed by atoms with Gasteiger partial charge in [0.05, 0.1) is 0 Å². The van der Waals surface area contributed by atoms with Gasteiger partial charge in [-0.3, -0.25) is 0 Å². The minimum absolute atomic E-state index is 0.522. The summed E-state index contributed by atoms with van der Waals surface area (Å²) in [7, 11) is 0. The van der Waals surface area contributed by atoms with Crippen LogP contribution in [0.15, 0.2) is 54.6 Å². The van der Waals surface area contributed by atoms with Crippen LogP contribution in [-0.4, -0.2) is 0 Å². The molecule has 1 radical (unpaired) electrons. The number of rotatable bonds is 5. The predicted molar refractivity (Wildman–Crippen MR) is 73.1 cm³/mol. The van der Waals surface area contributed by atoms with E-state index in [1.54, 1.807) is 0 Å². The van der Waals surface area contributed by atoms with Crippen LogP contribution >= 0.6 is 0 Å². The summed E-state index contributed by atoms with van der Waals surface area (Å²) in [6.07, 6.45) is 3.74. The second-order valence-electron chi connectivity index (χ2n) is 4.44. The SMILES string of the molecule is CCCCC(c1c[c]ccc1)c1ccccc1. The number of unbranched alkanes of at least 4 members (excludes halogenated alkanes) is 1. The third-order valence-electron chi connectivity index (χ3n) is 3.18. The first kappa shape index (κ1) is 11.9. The smallest absolute Gasteiger partial charge is 0.00895 e. The molecule has 0 amide bonds. The normalized spacial score (nSPS) is 10.7. The van der Waals surface area contributed by atoms with E-state index < -0.39 is 0 Å². The van der Waals surface area contributed by atoms with Crippen LogP contribution in [0.5, 0.6) is 0 Å². The molecule has 0 heterocycles. The Labute approximate surface area is 104 Å². The van der Waals surface area contributed by atoms with Crippen molar-refractivity contribution in [3.8, 4) is 0 Å². The lowest BCUT2D eigenvalue weighted by molar-refractivity contribution is 0.650. The van der Waals surface area contributed by atoms with Crippen molar-refractivity contribution in [3.05, 3.63) is 71.8 Å². The average Bonchev–Trinajstić information content (AvgIpc) is 2.42. The van der Waals surface area contributed by atoms with Gasteiger partial charge in [-0.25, -0.2) is 0 Å². The molecule has 2 rings (SSSR count). The van der Waals surface area contributed by atoms with Gasteiger partial charge in [-0.1, -0.05) is 74.4 Å². The maximum absolute atomic E-state index is 3.19. The van der Waals surface area contributed by atoms with Crippen molar-refractivity contribution in [3.63, 3.8) is 0 Å². The molecule has 87 valence electrons. The molecule has 0 aliphatic rings. The Hall–Kier alpha value is -1.56. The molecule has 1 atom stereocenters. The summed E-state index contributed by atoms with van der Waals surface area (Å²) < 4.78 is 0. The zero-order valence-electron chi connectivity index (χ0n) is 10.4. The fraction of sp³-hybridized carbons (Fsp3) is 0.294. The van der Waals surface area contributed by atoms with E-state index in [1.165, 1.54) is 30.4 Å². The quantitative estimate of drug-likeness (QED) is 0.682. The highest BCUT2D eigenvalue weighted by molar-refractivity contribution is 5.31. The molecule has 0 fully saturated rings. The van der Waals surface area contributed by atoms with E-state index in [0.717, 1.165) is 0 Å². The standard InChI is InChI=1S/C17H19/c1-2-3-14-17(15-10-6-4-7-11-15)16-12-8-5-9-13-16/h4-8,10-13,17H,2-3,14H2,1H3. The van der Waals surface area contributed by atoms with Gasteiger partial charge in [0.2, 0.25) is 0 Å². The third-order valence-corrected chi connectivity index (χ3v) is 3.18. The highest BCUT2D eigenvalue weighted by Crippen LogP contribution is 2.29. The van der Waals surface area contributed by atoms with Crippen LogP contribution in [0.2, 0.25) is 0 Å². The molecule has 0 spiro atoms. The highest BCUT2D eigenvalue weighted by Gasteiger charge is 2.12. The Balaban J connectivity index is 2.26. The van der Waals surface area contributed by atoms with Crippen LogP contribution in [0.25, 0.3) is 0 Å². The molecule has 0 aliphatic heterocycles. The summed E-state index contributed by atoms with van der Waals surface area (Å²) in [4.78, 5) is 0. The summed E-state index contributed by atoms with van der Waals surface area (Å²) in [5.74, 6) is 0.522. The van der Waals surface area contributed by atoms with E-state index in [4.69, 9.17) is 0 Å². The van der Waals surface area contributed by atoms with Gasteiger partial charge in [0.25, 0.3) is 0 Å². The molecule has 0 saturated carbocycles. The van der Waals surface area contributed by atoms with Crippen molar-refractivity contribution >= 4 is 0 Å². The Morgan fingerprint density at radius 2 is 1.76 bits per heavy atom. The minimum atomic E-state index is 0.522. The second-order valence-corrected chi connectivity index (χ2v) is 4.44. The molecular weight excluding hydrogens is 204 g/mol. The van der Waals surface area contributed by atoms with Crippen LogP contribution in [0, 0.1) is 6.07 Å². The zero-order chi connectivity index (χ0) is 11.9. The maximum atomic E-state index is 3.19. The maximum Gasteiger partial charge on any atom is 0.00895 e. The molecule has 0 N–H and O–H groups in total. The average molecular weight is 223 g/mol. The molecule has 0 nitrogen and oxygen atoms in total. The van der Waals surface area contributed by atoms with Crippen molar-refractivity contribution in [1.29, 1.82) is 0 Å². The summed E-state index contributed by atoms with van der Waals surface area (Å²) in [6.45, 7) is 2.25. The van der Waals surface area contributed by atoms with Gasteiger partial charge in [0.15, 0.2) is 0 Å².